The number of carboxylic acids is 1. The third kappa shape index (κ3) is 4.39. The van der Waals surface area contributed by atoms with E-state index < -0.39 is 22.1 Å². The van der Waals surface area contributed by atoms with Gasteiger partial charge >= 0.3 is 5.97 Å². The van der Waals surface area contributed by atoms with Gasteiger partial charge in [-0.15, -0.1) is 0 Å². The zero-order chi connectivity index (χ0) is 16.2. The number of aliphatic hydroxyl groups is 1. The Morgan fingerprint density at radius 1 is 1.48 bits per heavy atom. The van der Waals surface area contributed by atoms with Crippen molar-refractivity contribution < 1.29 is 28.2 Å². The first-order valence-electron chi connectivity index (χ1n) is 5.86. The number of carboxylic acid groups (broad SMARTS) is 1. The van der Waals surface area contributed by atoms with Gasteiger partial charge in [-0.25, -0.2) is 13.2 Å². The van der Waals surface area contributed by atoms with Gasteiger partial charge in [0.05, 0.1) is 23.3 Å². The molecule has 0 saturated carbocycles. The summed E-state index contributed by atoms with van der Waals surface area (Å²) in [4.78, 5) is 10.6. The molecule has 1 atom stereocenters. The molecule has 0 amide bonds. The van der Waals surface area contributed by atoms with E-state index in [0.29, 0.717) is 0 Å². The van der Waals surface area contributed by atoms with Crippen molar-refractivity contribution in [1.29, 1.82) is 0 Å². The number of hydrogen-bond acceptors (Lipinski definition) is 5. The average Bonchev–Trinajstić information content (AvgIpc) is 2.38. The van der Waals surface area contributed by atoms with Gasteiger partial charge in [0.2, 0.25) is 10.0 Å². The van der Waals surface area contributed by atoms with Crippen molar-refractivity contribution in [3.63, 3.8) is 0 Å². The van der Waals surface area contributed by atoms with Crippen molar-refractivity contribution in [2.24, 2.45) is 0 Å². The molecule has 21 heavy (non-hydrogen) atoms. The number of ether oxygens (including phenoxy) is 1. The molecule has 0 spiro atoms. The van der Waals surface area contributed by atoms with E-state index in [4.69, 9.17) is 21.4 Å². The molecule has 0 saturated heterocycles. The predicted octanol–water partition coefficient (Wildman–Crippen LogP) is 0.666. The summed E-state index contributed by atoms with van der Waals surface area (Å²) in [5, 5.41) is 18.4. The highest BCUT2D eigenvalue weighted by atomic mass is 35.5. The number of hydrogen-bond donors (Lipinski definition) is 2. The van der Waals surface area contributed by atoms with Crippen molar-refractivity contribution in [1.82, 2.24) is 4.31 Å². The lowest BCUT2D eigenvalue weighted by atomic mass is 10.2. The Labute approximate surface area is 127 Å². The third-order valence-electron chi connectivity index (χ3n) is 2.69. The standard InChI is InChI=1S/C12H16ClNO6S/c1-14(6-9(15)7-20-2)21(18,19)11-5-8(12(16)17)3-4-10(11)13/h3-5,9,15H,6-7H2,1-2H3,(H,16,17). The molecule has 7 nitrogen and oxygen atoms in total. The van der Waals surface area contributed by atoms with Crippen LogP contribution in [-0.4, -0.2) is 62.3 Å². The molecule has 9 heteroatoms. The van der Waals surface area contributed by atoms with Crippen molar-refractivity contribution in [3.8, 4) is 0 Å². The summed E-state index contributed by atoms with van der Waals surface area (Å²) in [6, 6.07) is 3.40. The van der Waals surface area contributed by atoms with E-state index in [1.165, 1.54) is 26.3 Å². The Morgan fingerprint density at radius 2 is 2.10 bits per heavy atom. The smallest absolute Gasteiger partial charge is 0.335 e. The van der Waals surface area contributed by atoms with Crippen molar-refractivity contribution >= 4 is 27.6 Å². The fourth-order valence-electron chi connectivity index (χ4n) is 1.64. The van der Waals surface area contributed by atoms with Crippen LogP contribution in [0.3, 0.4) is 0 Å². The number of aliphatic hydroxyl groups excluding tert-OH is 1. The summed E-state index contributed by atoms with van der Waals surface area (Å²) in [5.41, 5.74) is -0.191. The van der Waals surface area contributed by atoms with E-state index in [1.807, 2.05) is 0 Å². The second-order valence-corrected chi connectivity index (χ2v) is 6.77. The number of benzene rings is 1. The van der Waals surface area contributed by atoms with Crippen LogP contribution >= 0.6 is 11.6 Å². The van der Waals surface area contributed by atoms with Gasteiger partial charge in [0.15, 0.2) is 0 Å². The van der Waals surface area contributed by atoms with Crippen LogP contribution < -0.4 is 0 Å². The summed E-state index contributed by atoms with van der Waals surface area (Å²) in [7, 11) is -1.37. The van der Waals surface area contributed by atoms with E-state index in [0.717, 1.165) is 10.4 Å². The molecule has 0 aliphatic rings. The maximum Gasteiger partial charge on any atom is 0.335 e. The molecule has 2 N–H and O–H groups in total. The van der Waals surface area contributed by atoms with Crippen LogP contribution in [0.4, 0.5) is 0 Å². The number of carbonyl (C=O) groups is 1. The number of likely N-dealkylation sites (N-methyl/N-ethyl adjacent to an activating group) is 1. The molecule has 0 bridgehead atoms. The van der Waals surface area contributed by atoms with Crippen LogP contribution in [0.15, 0.2) is 23.1 Å². The summed E-state index contributed by atoms with van der Waals surface area (Å²) in [6.07, 6.45) is -1.00. The molecule has 0 radical (unpaired) electrons. The topological polar surface area (TPSA) is 104 Å². The normalized spacial score (nSPS) is 13.4. The zero-order valence-corrected chi connectivity index (χ0v) is 13.1. The highest BCUT2D eigenvalue weighted by molar-refractivity contribution is 7.89. The second-order valence-electron chi connectivity index (χ2n) is 4.35. The quantitative estimate of drug-likeness (QED) is 0.757. The Balaban J connectivity index is 3.12. The fourth-order valence-corrected chi connectivity index (χ4v) is 3.35. The molecule has 0 aliphatic carbocycles. The van der Waals surface area contributed by atoms with Gasteiger partial charge in [-0.1, -0.05) is 11.6 Å². The molecule has 118 valence electrons. The van der Waals surface area contributed by atoms with Crippen molar-refractivity contribution in [2.75, 3.05) is 27.3 Å². The highest BCUT2D eigenvalue weighted by Crippen LogP contribution is 2.25. The monoisotopic (exact) mass is 337 g/mol. The van der Waals surface area contributed by atoms with Gasteiger partial charge < -0.3 is 14.9 Å². The first kappa shape index (κ1) is 17.9. The van der Waals surface area contributed by atoms with Crippen LogP contribution in [0.1, 0.15) is 10.4 Å². The minimum Gasteiger partial charge on any atom is -0.478 e. The van der Waals surface area contributed by atoms with Crippen molar-refractivity contribution in [3.05, 3.63) is 28.8 Å². The number of aromatic carboxylic acids is 1. The molecule has 0 fully saturated rings. The number of halogens is 1. The molecule has 0 aliphatic heterocycles. The number of nitrogens with zero attached hydrogens (tertiary/aromatic N) is 1. The molecule has 0 aromatic heterocycles. The zero-order valence-electron chi connectivity index (χ0n) is 11.5. The largest absolute Gasteiger partial charge is 0.478 e. The fraction of sp³-hybridized carbons (Fsp3) is 0.417. The Bertz CT molecular complexity index is 618. The van der Waals surface area contributed by atoms with Gasteiger partial charge in [-0.3, -0.25) is 0 Å². The van der Waals surface area contributed by atoms with E-state index >= 15 is 0 Å². The van der Waals surface area contributed by atoms with Crippen LogP contribution in [0.2, 0.25) is 5.02 Å². The number of rotatable bonds is 7. The predicted molar refractivity (Wildman–Crippen MR) is 76.1 cm³/mol. The molecule has 1 aromatic rings. The lowest BCUT2D eigenvalue weighted by Gasteiger charge is -2.21. The summed E-state index contributed by atoms with van der Waals surface area (Å²) >= 11 is 5.84. The lowest BCUT2D eigenvalue weighted by Crippen LogP contribution is -2.36. The minimum absolute atomic E-state index is 0.0250. The summed E-state index contributed by atoms with van der Waals surface area (Å²) < 4.78 is 30.3. The molecular formula is C12H16ClNO6S. The Kier molecular flexibility index (Phi) is 6.11. The maximum absolute atomic E-state index is 12.4. The highest BCUT2D eigenvalue weighted by Gasteiger charge is 2.26. The van der Waals surface area contributed by atoms with Gasteiger partial charge in [0.25, 0.3) is 0 Å². The molecular weight excluding hydrogens is 322 g/mol. The second kappa shape index (κ2) is 7.19. The Morgan fingerprint density at radius 3 is 2.62 bits per heavy atom. The summed E-state index contributed by atoms with van der Waals surface area (Å²) in [5.74, 6) is -1.26. The maximum atomic E-state index is 12.4. The molecule has 1 aromatic carbocycles. The van der Waals surface area contributed by atoms with Crippen LogP contribution in [0.5, 0.6) is 0 Å². The molecule has 0 heterocycles. The van der Waals surface area contributed by atoms with E-state index in [1.54, 1.807) is 0 Å². The summed E-state index contributed by atoms with van der Waals surface area (Å²) in [6.45, 7) is -0.230. The number of sulfonamides is 1. The molecule has 1 rings (SSSR count). The van der Waals surface area contributed by atoms with Crippen molar-refractivity contribution in [2.45, 2.75) is 11.0 Å². The van der Waals surface area contributed by atoms with Crippen LogP contribution in [0.25, 0.3) is 0 Å². The van der Waals surface area contributed by atoms with Crippen LogP contribution in [0, 0.1) is 0 Å². The van der Waals surface area contributed by atoms with Gasteiger partial charge in [0.1, 0.15) is 4.90 Å². The number of methoxy groups -OCH3 is 1. The lowest BCUT2D eigenvalue weighted by molar-refractivity contribution is 0.0554. The SMILES string of the molecule is COCC(O)CN(C)S(=O)(=O)c1cc(C(=O)O)ccc1Cl. The van der Waals surface area contributed by atoms with Gasteiger partial charge in [0, 0.05) is 20.7 Å². The molecule has 1 unspecified atom stereocenters. The van der Waals surface area contributed by atoms with E-state index in [-0.39, 0.29) is 28.6 Å². The van der Waals surface area contributed by atoms with Crippen LogP contribution in [-0.2, 0) is 14.8 Å². The van der Waals surface area contributed by atoms with Gasteiger partial charge in [-0.2, -0.15) is 4.31 Å². The minimum atomic E-state index is -4.02. The average molecular weight is 338 g/mol. The van der Waals surface area contributed by atoms with E-state index in [9.17, 15) is 18.3 Å². The Hall–Kier alpha value is -1.19. The van der Waals surface area contributed by atoms with Gasteiger partial charge in [-0.05, 0) is 18.2 Å². The first-order valence-corrected chi connectivity index (χ1v) is 7.68. The first-order chi connectivity index (χ1) is 9.70. The van der Waals surface area contributed by atoms with E-state index in [2.05, 4.69) is 0 Å². The third-order valence-corrected chi connectivity index (χ3v) is 5.00.